The zero-order chi connectivity index (χ0) is 13.0. The first-order valence-corrected chi connectivity index (χ1v) is 8.33. The zero-order valence-corrected chi connectivity index (χ0v) is 12.9. The van der Waals surface area contributed by atoms with Crippen LogP contribution < -0.4 is 5.32 Å². The van der Waals surface area contributed by atoms with E-state index < -0.39 is 0 Å². The molecule has 0 aromatic carbocycles. The van der Waals surface area contributed by atoms with Gasteiger partial charge in [-0.15, -0.1) is 11.3 Å². The summed E-state index contributed by atoms with van der Waals surface area (Å²) in [5.41, 5.74) is 1.61. The minimum atomic E-state index is 0.609. The van der Waals surface area contributed by atoms with Crippen molar-refractivity contribution in [1.82, 2.24) is 5.32 Å². The average molecular weight is 265 g/mol. The van der Waals surface area contributed by atoms with Crippen LogP contribution in [-0.2, 0) is 0 Å². The number of thiophene rings is 1. The van der Waals surface area contributed by atoms with Crippen molar-refractivity contribution in [2.45, 2.75) is 64.8 Å². The summed E-state index contributed by atoms with van der Waals surface area (Å²) in [5, 5.41) is 6.05. The molecule has 1 aliphatic rings. The fourth-order valence-electron chi connectivity index (χ4n) is 3.11. The van der Waals surface area contributed by atoms with Crippen LogP contribution in [0.15, 0.2) is 11.4 Å². The fraction of sp³-hybridized carbons (Fsp3) is 0.750. The number of hydrogen-bond donors (Lipinski definition) is 1. The van der Waals surface area contributed by atoms with Gasteiger partial charge in [-0.05, 0) is 55.2 Å². The number of nitrogens with one attached hydrogen (secondary N) is 1. The van der Waals surface area contributed by atoms with E-state index in [0.717, 1.165) is 11.8 Å². The Bertz CT molecular complexity index is 356. The lowest BCUT2D eigenvalue weighted by atomic mass is 9.83. The smallest absolute Gasteiger partial charge is 0.00171 e. The molecule has 0 spiro atoms. The lowest BCUT2D eigenvalue weighted by Gasteiger charge is -2.26. The van der Waals surface area contributed by atoms with Crippen molar-refractivity contribution in [3.8, 4) is 0 Å². The van der Waals surface area contributed by atoms with E-state index in [1.54, 1.807) is 5.56 Å². The Hall–Kier alpha value is -0.340. The van der Waals surface area contributed by atoms with Gasteiger partial charge in [0.05, 0.1) is 0 Å². The van der Waals surface area contributed by atoms with Gasteiger partial charge in [0.15, 0.2) is 0 Å². The molecule has 2 rings (SSSR count). The maximum atomic E-state index is 3.65. The van der Waals surface area contributed by atoms with E-state index in [2.05, 4.69) is 37.5 Å². The van der Waals surface area contributed by atoms with Gasteiger partial charge in [0.1, 0.15) is 0 Å². The molecule has 2 unspecified atom stereocenters. The van der Waals surface area contributed by atoms with Crippen LogP contribution in [0.5, 0.6) is 0 Å². The number of hydrogen-bond acceptors (Lipinski definition) is 2. The van der Waals surface area contributed by atoms with Crippen molar-refractivity contribution >= 4 is 11.3 Å². The van der Waals surface area contributed by atoms with Crippen LogP contribution in [0.2, 0.25) is 0 Å². The van der Waals surface area contributed by atoms with Crippen LogP contribution >= 0.6 is 11.3 Å². The van der Waals surface area contributed by atoms with Gasteiger partial charge < -0.3 is 5.32 Å². The maximum Gasteiger partial charge on any atom is 0.00171 e. The van der Waals surface area contributed by atoms with Gasteiger partial charge in [-0.2, -0.15) is 0 Å². The summed E-state index contributed by atoms with van der Waals surface area (Å²) in [6, 6.07) is 3.03. The van der Waals surface area contributed by atoms with Gasteiger partial charge >= 0.3 is 0 Å². The zero-order valence-electron chi connectivity index (χ0n) is 12.0. The van der Waals surface area contributed by atoms with E-state index in [0.29, 0.717) is 6.04 Å². The van der Waals surface area contributed by atoms with Crippen molar-refractivity contribution in [3.05, 3.63) is 21.9 Å². The molecular weight excluding hydrogens is 238 g/mol. The second-order valence-corrected chi connectivity index (χ2v) is 7.17. The molecule has 0 radical (unpaired) electrons. The summed E-state index contributed by atoms with van der Waals surface area (Å²) in [6.07, 6.45) is 7.06. The fourth-order valence-corrected chi connectivity index (χ4v) is 3.88. The average Bonchev–Trinajstić information content (AvgIpc) is 2.63. The lowest BCUT2D eigenvalue weighted by Crippen LogP contribution is -2.31. The second kappa shape index (κ2) is 6.72. The lowest BCUT2D eigenvalue weighted by molar-refractivity contribution is 0.363. The van der Waals surface area contributed by atoms with E-state index in [9.17, 15) is 0 Å². The molecule has 1 fully saturated rings. The molecule has 2 atom stereocenters. The molecule has 1 nitrogen and oxygen atoms in total. The van der Waals surface area contributed by atoms with Crippen molar-refractivity contribution in [2.75, 3.05) is 6.54 Å². The molecule has 1 aromatic heterocycles. The molecule has 0 aliphatic heterocycles. The summed E-state index contributed by atoms with van der Waals surface area (Å²) in [6.45, 7) is 7.92. The maximum absolute atomic E-state index is 3.65. The van der Waals surface area contributed by atoms with E-state index >= 15 is 0 Å². The van der Waals surface area contributed by atoms with E-state index in [1.807, 2.05) is 11.3 Å². The monoisotopic (exact) mass is 265 g/mol. The molecule has 0 bridgehead atoms. The quantitative estimate of drug-likeness (QED) is 0.777. The normalized spacial score (nSPS) is 25.3. The molecule has 0 saturated heterocycles. The van der Waals surface area contributed by atoms with Crippen molar-refractivity contribution < 1.29 is 0 Å². The highest BCUT2D eigenvalue weighted by Gasteiger charge is 2.25. The van der Waals surface area contributed by atoms with Crippen LogP contribution in [-0.4, -0.2) is 12.6 Å². The van der Waals surface area contributed by atoms with Gasteiger partial charge in [-0.25, -0.2) is 0 Å². The summed E-state index contributed by atoms with van der Waals surface area (Å²) >= 11 is 1.91. The van der Waals surface area contributed by atoms with Crippen LogP contribution in [0.4, 0.5) is 0 Å². The molecule has 1 heterocycles. The highest BCUT2D eigenvalue weighted by Crippen LogP contribution is 2.37. The van der Waals surface area contributed by atoms with Crippen LogP contribution in [0.25, 0.3) is 0 Å². The van der Waals surface area contributed by atoms with Crippen molar-refractivity contribution in [1.29, 1.82) is 0 Å². The first-order chi connectivity index (χ1) is 8.66. The summed E-state index contributed by atoms with van der Waals surface area (Å²) in [5.74, 6) is 1.63. The third kappa shape index (κ3) is 3.83. The molecule has 1 N–H and O–H groups in total. The molecule has 0 amide bonds. The third-order valence-corrected chi connectivity index (χ3v) is 5.01. The van der Waals surface area contributed by atoms with Crippen LogP contribution in [0.3, 0.4) is 0 Å². The summed E-state index contributed by atoms with van der Waals surface area (Å²) in [7, 11) is 0. The third-order valence-electron chi connectivity index (χ3n) is 4.13. The number of rotatable bonds is 4. The Morgan fingerprint density at radius 3 is 2.72 bits per heavy atom. The van der Waals surface area contributed by atoms with E-state index in [1.165, 1.54) is 43.5 Å². The van der Waals surface area contributed by atoms with Gasteiger partial charge in [0.25, 0.3) is 0 Å². The second-order valence-electron chi connectivity index (χ2n) is 6.06. The predicted octanol–water partition coefficient (Wildman–Crippen LogP) is 4.72. The molecule has 102 valence electrons. The molecule has 18 heavy (non-hydrogen) atoms. The Morgan fingerprint density at radius 2 is 2.06 bits per heavy atom. The van der Waals surface area contributed by atoms with Gasteiger partial charge in [0.2, 0.25) is 0 Å². The Kier molecular flexibility index (Phi) is 5.25. The first-order valence-electron chi connectivity index (χ1n) is 7.45. The Morgan fingerprint density at radius 1 is 1.28 bits per heavy atom. The van der Waals surface area contributed by atoms with Crippen LogP contribution in [0, 0.1) is 12.8 Å². The molecule has 1 saturated carbocycles. The number of aryl methyl sites for hydroxylation is 1. The summed E-state index contributed by atoms with van der Waals surface area (Å²) in [4.78, 5) is 1.46. The highest BCUT2D eigenvalue weighted by atomic mass is 32.1. The summed E-state index contributed by atoms with van der Waals surface area (Å²) < 4.78 is 0. The van der Waals surface area contributed by atoms with Gasteiger partial charge in [-0.3, -0.25) is 0 Å². The largest absolute Gasteiger partial charge is 0.314 e. The standard InChI is InChI=1S/C16H27NS/c1-12(2)17-10-14-7-5-4-6-8-16(14)15-9-13(3)18-11-15/h9,11-12,14,16-17H,4-8,10H2,1-3H3. The highest BCUT2D eigenvalue weighted by molar-refractivity contribution is 7.10. The van der Waals surface area contributed by atoms with Gasteiger partial charge in [0, 0.05) is 10.9 Å². The van der Waals surface area contributed by atoms with E-state index in [-0.39, 0.29) is 0 Å². The van der Waals surface area contributed by atoms with Crippen molar-refractivity contribution in [3.63, 3.8) is 0 Å². The minimum absolute atomic E-state index is 0.609. The first kappa shape index (κ1) is 14.1. The molecule has 1 aliphatic carbocycles. The molecule has 2 heteroatoms. The minimum Gasteiger partial charge on any atom is -0.314 e. The predicted molar refractivity (Wildman–Crippen MR) is 81.5 cm³/mol. The van der Waals surface area contributed by atoms with Crippen LogP contribution in [0.1, 0.15) is 62.3 Å². The Labute approximate surface area is 116 Å². The van der Waals surface area contributed by atoms with Crippen molar-refractivity contribution in [2.24, 2.45) is 5.92 Å². The molecular formula is C16H27NS. The SMILES string of the molecule is Cc1cc(C2CCCCCC2CNC(C)C)cs1. The topological polar surface area (TPSA) is 12.0 Å². The molecule has 1 aromatic rings. The van der Waals surface area contributed by atoms with Gasteiger partial charge in [-0.1, -0.05) is 33.1 Å². The Balaban J connectivity index is 2.06. The van der Waals surface area contributed by atoms with E-state index in [4.69, 9.17) is 0 Å².